The highest BCUT2D eigenvalue weighted by Crippen LogP contribution is 2.41. The summed E-state index contributed by atoms with van der Waals surface area (Å²) in [5.74, 6) is -0.680. The van der Waals surface area contributed by atoms with Crippen molar-refractivity contribution in [3.63, 3.8) is 0 Å². The number of esters is 1. The average molecular weight is 466 g/mol. The lowest BCUT2D eigenvalue weighted by Crippen LogP contribution is -2.14. The van der Waals surface area contributed by atoms with Crippen LogP contribution in [0.2, 0.25) is 5.02 Å². The smallest absolute Gasteiger partial charge is 0.344 e. The quantitative estimate of drug-likeness (QED) is 0.400. The van der Waals surface area contributed by atoms with Crippen molar-refractivity contribution in [1.29, 1.82) is 0 Å². The molecule has 0 bridgehead atoms. The van der Waals surface area contributed by atoms with E-state index in [4.69, 9.17) is 25.8 Å². The summed E-state index contributed by atoms with van der Waals surface area (Å²) in [4.78, 5) is 28.7. The number of thioether (sulfide) groups is 1. The normalized spacial score (nSPS) is 16.0. The Morgan fingerprint density at radius 2 is 2.06 bits per heavy atom. The van der Waals surface area contributed by atoms with E-state index >= 15 is 0 Å². The SMILES string of the molecule is C=CCOc1c(Cl)cc(/C=C2\SC(=NC(=O)CCC)C(C(=O)OCC)=C2O)cc1OC. The van der Waals surface area contributed by atoms with Gasteiger partial charge in [0.1, 0.15) is 23.0 Å². The van der Waals surface area contributed by atoms with Crippen LogP contribution in [-0.4, -0.2) is 42.4 Å². The summed E-state index contributed by atoms with van der Waals surface area (Å²) in [5, 5.41) is 11.1. The van der Waals surface area contributed by atoms with Gasteiger partial charge in [0, 0.05) is 6.42 Å². The van der Waals surface area contributed by atoms with Crippen molar-refractivity contribution in [2.45, 2.75) is 26.7 Å². The fraction of sp³-hybridized carbons (Fsp3) is 0.318. The van der Waals surface area contributed by atoms with Crippen LogP contribution in [0.25, 0.3) is 6.08 Å². The topological polar surface area (TPSA) is 94.4 Å². The van der Waals surface area contributed by atoms with Gasteiger partial charge in [-0.3, -0.25) is 4.79 Å². The number of methoxy groups -OCH3 is 1. The van der Waals surface area contributed by atoms with Gasteiger partial charge in [0.25, 0.3) is 0 Å². The van der Waals surface area contributed by atoms with Crippen LogP contribution in [0.15, 0.2) is 46.0 Å². The molecule has 166 valence electrons. The second kappa shape index (κ2) is 11.6. The number of aliphatic hydroxyl groups excluding tert-OH is 1. The van der Waals surface area contributed by atoms with Crippen LogP contribution < -0.4 is 9.47 Å². The highest BCUT2D eigenvalue weighted by atomic mass is 35.5. The first-order chi connectivity index (χ1) is 14.9. The van der Waals surface area contributed by atoms with E-state index in [0.29, 0.717) is 33.4 Å². The summed E-state index contributed by atoms with van der Waals surface area (Å²) in [6, 6.07) is 3.30. The predicted octanol–water partition coefficient (Wildman–Crippen LogP) is 5.10. The molecule has 1 heterocycles. The maximum atomic E-state index is 12.4. The minimum atomic E-state index is -0.747. The minimum absolute atomic E-state index is 0.102. The van der Waals surface area contributed by atoms with Gasteiger partial charge in [-0.25, -0.2) is 9.79 Å². The third kappa shape index (κ3) is 6.15. The van der Waals surface area contributed by atoms with Gasteiger partial charge in [0.2, 0.25) is 5.91 Å². The second-order valence-electron chi connectivity index (χ2n) is 6.25. The molecule has 0 aliphatic carbocycles. The molecule has 0 atom stereocenters. The van der Waals surface area contributed by atoms with Gasteiger partial charge in [0.05, 0.1) is 23.6 Å². The largest absolute Gasteiger partial charge is 0.506 e. The van der Waals surface area contributed by atoms with E-state index in [0.717, 1.165) is 11.8 Å². The lowest BCUT2D eigenvalue weighted by Gasteiger charge is -2.12. The van der Waals surface area contributed by atoms with Gasteiger partial charge in [-0.05, 0) is 37.1 Å². The first-order valence-corrected chi connectivity index (χ1v) is 10.8. The Bertz CT molecular complexity index is 967. The lowest BCUT2D eigenvalue weighted by molar-refractivity contribution is -0.138. The number of aliphatic imine (C=N–C) groups is 1. The summed E-state index contributed by atoms with van der Waals surface area (Å²) < 4.78 is 15.9. The van der Waals surface area contributed by atoms with Crippen LogP contribution in [0.1, 0.15) is 32.3 Å². The number of amides is 1. The monoisotopic (exact) mass is 465 g/mol. The molecule has 1 amide bonds. The van der Waals surface area contributed by atoms with Crippen LogP contribution in [0.4, 0.5) is 0 Å². The van der Waals surface area contributed by atoms with E-state index in [1.165, 1.54) is 7.11 Å². The summed E-state index contributed by atoms with van der Waals surface area (Å²) in [7, 11) is 1.48. The number of hydrogen-bond donors (Lipinski definition) is 1. The van der Waals surface area contributed by atoms with Crippen molar-refractivity contribution < 1.29 is 28.9 Å². The Morgan fingerprint density at radius 3 is 2.68 bits per heavy atom. The number of ether oxygens (including phenoxy) is 3. The predicted molar refractivity (Wildman–Crippen MR) is 123 cm³/mol. The van der Waals surface area contributed by atoms with Crippen LogP contribution in [-0.2, 0) is 14.3 Å². The van der Waals surface area contributed by atoms with Crippen molar-refractivity contribution in [1.82, 2.24) is 0 Å². The third-order valence-electron chi connectivity index (χ3n) is 3.96. The first-order valence-electron chi connectivity index (χ1n) is 9.59. The molecule has 1 aliphatic rings. The van der Waals surface area contributed by atoms with Crippen LogP contribution >= 0.6 is 23.4 Å². The number of carbonyl (C=O) groups is 2. The van der Waals surface area contributed by atoms with Crippen LogP contribution in [0, 0.1) is 0 Å². The number of carbonyl (C=O) groups excluding carboxylic acids is 2. The lowest BCUT2D eigenvalue weighted by atomic mass is 10.1. The summed E-state index contributed by atoms with van der Waals surface area (Å²) in [5.41, 5.74) is 0.456. The minimum Gasteiger partial charge on any atom is -0.506 e. The molecule has 0 fully saturated rings. The fourth-order valence-electron chi connectivity index (χ4n) is 2.63. The number of aliphatic hydroxyl groups is 1. The summed E-state index contributed by atoms with van der Waals surface area (Å²) in [6.07, 6.45) is 4.05. The summed E-state index contributed by atoms with van der Waals surface area (Å²) in [6.45, 7) is 7.48. The molecule has 0 radical (unpaired) electrons. The van der Waals surface area contributed by atoms with Gasteiger partial charge < -0.3 is 19.3 Å². The molecular formula is C22H24ClNO6S. The summed E-state index contributed by atoms with van der Waals surface area (Å²) >= 11 is 7.34. The highest BCUT2D eigenvalue weighted by molar-refractivity contribution is 8.18. The zero-order valence-corrected chi connectivity index (χ0v) is 19.1. The van der Waals surface area contributed by atoms with E-state index in [1.807, 2.05) is 6.92 Å². The molecule has 1 aromatic rings. The second-order valence-corrected chi connectivity index (χ2v) is 7.69. The Hall–Kier alpha value is -2.71. The van der Waals surface area contributed by atoms with E-state index in [1.54, 1.807) is 31.2 Å². The molecule has 0 aromatic heterocycles. The van der Waals surface area contributed by atoms with Crippen molar-refractivity contribution in [3.8, 4) is 11.5 Å². The van der Waals surface area contributed by atoms with Crippen molar-refractivity contribution in [2.24, 2.45) is 4.99 Å². The number of nitrogens with zero attached hydrogens (tertiary/aromatic N) is 1. The molecule has 0 spiro atoms. The van der Waals surface area contributed by atoms with Gasteiger partial charge in [0.15, 0.2) is 11.5 Å². The molecule has 0 saturated carbocycles. The highest BCUT2D eigenvalue weighted by Gasteiger charge is 2.33. The number of benzene rings is 1. The molecular weight excluding hydrogens is 442 g/mol. The standard InChI is InChI=1S/C22H24ClNO6S/c1-5-8-17(25)24-21-18(22(27)29-7-3)19(26)16(31-21)12-13-10-14(23)20(30-9-6-2)15(11-13)28-4/h6,10-12,26H,2,5,7-9H2,1,3-4H3/b16-12-,24-21?. The van der Waals surface area contributed by atoms with Crippen LogP contribution in [0.3, 0.4) is 0 Å². The Morgan fingerprint density at radius 1 is 1.32 bits per heavy atom. The molecule has 0 saturated heterocycles. The molecule has 1 N–H and O–H groups in total. The van der Waals surface area contributed by atoms with E-state index < -0.39 is 5.97 Å². The molecule has 1 aliphatic heterocycles. The van der Waals surface area contributed by atoms with Crippen molar-refractivity contribution in [2.75, 3.05) is 20.3 Å². The van der Waals surface area contributed by atoms with E-state index in [2.05, 4.69) is 11.6 Å². The molecule has 0 unspecified atom stereocenters. The maximum Gasteiger partial charge on any atom is 0.344 e. The van der Waals surface area contributed by atoms with Gasteiger partial charge in [-0.1, -0.05) is 42.9 Å². The molecule has 1 aromatic carbocycles. The van der Waals surface area contributed by atoms with Crippen LogP contribution in [0.5, 0.6) is 11.5 Å². The van der Waals surface area contributed by atoms with Gasteiger partial charge in [-0.2, -0.15) is 0 Å². The number of rotatable bonds is 9. The average Bonchev–Trinajstić information content (AvgIpc) is 3.01. The Kier molecular flexibility index (Phi) is 9.21. The Balaban J connectivity index is 2.49. The molecule has 31 heavy (non-hydrogen) atoms. The first kappa shape index (κ1) is 24.6. The van der Waals surface area contributed by atoms with Crippen molar-refractivity contribution >= 4 is 46.4 Å². The maximum absolute atomic E-state index is 12.4. The zero-order valence-electron chi connectivity index (χ0n) is 17.6. The Labute approximate surface area is 190 Å². The molecule has 7 nitrogen and oxygen atoms in total. The molecule has 2 rings (SSSR count). The van der Waals surface area contributed by atoms with Gasteiger partial charge in [-0.15, -0.1) is 0 Å². The van der Waals surface area contributed by atoms with Crippen molar-refractivity contribution in [3.05, 3.63) is 51.6 Å². The van der Waals surface area contributed by atoms with Gasteiger partial charge >= 0.3 is 5.97 Å². The number of hydrogen-bond acceptors (Lipinski definition) is 7. The van der Waals surface area contributed by atoms with E-state index in [9.17, 15) is 14.7 Å². The van der Waals surface area contributed by atoms with E-state index in [-0.39, 0.29) is 41.9 Å². The fourth-order valence-corrected chi connectivity index (χ4v) is 3.94. The third-order valence-corrected chi connectivity index (χ3v) is 5.26. The number of halogens is 1. The molecule has 9 heteroatoms. The zero-order chi connectivity index (χ0) is 23.0.